The predicted octanol–water partition coefficient (Wildman–Crippen LogP) is 4.46. The first-order chi connectivity index (χ1) is 13.0. The van der Waals surface area contributed by atoms with Gasteiger partial charge in [-0.15, -0.1) is 23.5 Å². The van der Waals surface area contributed by atoms with Gasteiger partial charge < -0.3 is 10.2 Å². The van der Waals surface area contributed by atoms with Crippen LogP contribution in [0.1, 0.15) is 13.8 Å². The molecule has 29 heavy (non-hydrogen) atoms. The van der Waals surface area contributed by atoms with Gasteiger partial charge in [0.1, 0.15) is 0 Å². The fourth-order valence-corrected chi connectivity index (χ4v) is 6.93. The van der Waals surface area contributed by atoms with Crippen molar-refractivity contribution >= 4 is 35.5 Å². The van der Waals surface area contributed by atoms with Gasteiger partial charge in [0.2, 0.25) is 0 Å². The number of hydrogen-bond donors (Lipinski definition) is 2. The van der Waals surface area contributed by atoms with Crippen molar-refractivity contribution < 1.29 is 46.1 Å². The van der Waals surface area contributed by atoms with Crippen LogP contribution in [0.4, 0.5) is 26.3 Å². The van der Waals surface area contributed by atoms with Gasteiger partial charge in [0.05, 0.1) is 19.3 Å². The van der Waals surface area contributed by atoms with Gasteiger partial charge in [0.15, 0.2) is 0 Å². The van der Waals surface area contributed by atoms with Gasteiger partial charge in [0.25, 0.3) is 0 Å². The molecule has 0 amide bonds. The van der Waals surface area contributed by atoms with Gasteiger partial charge >= 0.3 is 29.7 Å². The molecule has 1 saturated carbocycles. The van der Waals surface area contributed by atoms with Crippen molar-refractivity contribution in [3.05, 3.63) is 44.3 Å². The summed E-state index contributed by atoms with van der Waals surface area (Å²) >= 11 is 1.09. The SMILES string of the molecule is CC12SC(C(=O)O)=CC1=C1C(=C3C=C(C(=O)O)SC32C)C(F)(F)C(F)(F)C1(F)F. The highest BCUT2D eigenvalue weighted by Gasteiger charge is 2.84. The molecule has 2 aliphatic heterocycles. The average molecular weight is 456 g/mol. The fourth-order valence-electron chi connectivity index (χ4n) is 4.12. The Bertz CT molecular complexity index is 961. The lowest BCUT2D eigenvalue weighted by atomic mass is 9.71. The second-order valence-corrected chi connectivity index (χ2v) is 10.1. The van der Waals surface area contributed by atoms with Crippen molar-refractivity contribution in [3.8, 4) is 0 Å². The van der Waals surface area contributed by atoms with E-state index in [1.165, 1.54) is 13.8 Å². The van der Waals surface area contributed by atoms with Crippen LogP contribution in [0.5, 0.6) is 0 Å². The number of carbonyl (C=O) groups is 2. The van der Waals surface area contributed by atoms with E-state index in [2.05, 4.69) is 0 Å². The highest BCUT2D eigenvalue weighted by Crippen LogP contribution is 2.74. The molecular formula is C17H10F6O4S2. The first kappa shape index (κ1) is 20.5. The van der Waals surface area contributed by atoms with Gasteiger partial charge in [-0.1, -0.05) is 0 Å². The number of allylic oxidation sites excluding steroid dienone is 4. The van der Waals surface area contributed by atoms with Crippen LogP contribution in [0, 0.1) is 0 Å². The van der Waals surface area contributed by atoms with E-state index in [4.69, 9.17) is 0 Å². The molecule has 4 nitrogen and oxygen atoms in total. The molecule has 0 radical (unpaired) electrons. The quantitative estimate of drug-likeness (QED) is 0.598. The van der Waals surface area contributed by atoms with Crippen molar-refractivity contribution in [2.45, 2.75) is 41.1 Å². The van der Waals surface area contributed by atoms with Gasteiger partial charge in [-0.3, -0.25) is 0 Å². The summed E-state index contributed by atoms with van der Waals surface area (Å²) in [7, 11) is 0. The Hall–Kier alpha value is -1.82. The smallest absolute Gasteiger partial charge is 0.380 e. The molecule has 0 aromatic carbocycles. The Kier molecular flexibility index (Phi) is 3.71. The molecule has 2 N–H and O–H groups in total. The lowest BCUT2D eigenvalue weighted by Gasteiger charge is -2.46. The van der Waals surface area contributed by atoms with Crippen LogP contribution >= 0.6 is 23.5 Å². The van der Waals surface area contributed by atoms with Crippen LogP contribution in [0.2, 0.25) is 0 Å². The molecule has 0 aromatic heterocycles. The normalized spacial score (nSPS) is 35.7. The van der Waals surface area contributed by atoms with Crippen LogP contribution in [-0.4, -0.2) is 49.4 Å². The van der Waals surface area contributed by atoms with Crippen molar-refractivity contribution in [3.63, 3.8) is 0 Å². The highest BCUT2D eigenvalue weighted by atomic mass is 32.2. The van der Waals surface area contributed by atoms with E-state index >= 15 is 0 Å². The van der Waals surface area contributed by atoms with Crippen molar-refractivity contribution in [2.24, 2.45) is 0 Å². The van der Waals surface area contributed by atoms with Crippen molar-refractivity contribution in [1.29, 1.82) is 0 Å². The molecule has 156 valence electrons. The Balaban J connectivity index is 2.18. The number of aliphatic carboxylic acids is 2. The maximum Gasteiger partial charge on any atom is 0.380 e. The summed E-state index contributed by atoms with van der Waals surface area (Å²) in [5, 5.41) is 18.6. The third-order valence-electron chi connectivity index (χ3n) is 5.74. The standard InChI is InChI=1S/C17H10F6O4S2/c1-13-5(3-7(28-13)11(24)25)9-10(16(20,21)17(22,23)15(9,18)19)6-4-8(12(26)27)29-14(6,13)2/h3-4H,1-2H3,(H,24,25)(H,26,27). The van der Waals surface area contributed by atoms with E-state index in [0.29, 0.717) is 35.7 Å². The first-order valence-electron chi connectivity index (χ1n) is 7.96. The summed E-state index contributed by atoms with van der Waals surface area (Å²) in [6.45, 7) is 2.53. The monoisotopic (exact) mass is 456 g/mol. The maximum atomic E-state index is 14.7. The number of halogens is 6. The Morgan fingerprint density at radius 2 is 1.07 bits per heavy atom. The molecule has 2 atom stereocenters. The van der Waals surface area contributed by atoms with E-state index in [-0.39, 0.29) is 0 Å². The van der Waals surface area contributed by atoms with Crippen LogP contribution in [0.3, 0.4) is 0 Å². The topological polar surface area (TPSA) is 74.6 Å². The second-order valence-electron chi connectivity index (χ2n) is 7.20. The summed E-state index contributed by atoms with van der Waals surface area (Å²) in [5.74, 6) is -19.4. The molecular weight excluding hydrogens is 446 g/mol. The predicted molar refractivity (Wildman–Crippen MR) is 92.3 cm³/mol. The van der Waals surface area contributed by atoms with E-state index < -0.39 is 71.3 Å². The molecule has 4 aliphatic rings. The minimum atomic E-state index is -5.77. The number of hydrogen-bond acceptors (Lipinski definition) is 4. The molecule has 12 heteroatoms. The molecule has 0 spiro atoms. The summed E-state index contributed by atoms with van der Waals surface area (Å²) in [6, 6.07) is 0. The van der Waals surface area contributed by atoms with Gasteiger partial charge in [-0.2, -0.15) is 26.3 Å². The lowest BCUT2D eigenvalue weighted by molar-refractivity contribution is -0.258. The number of carboxylic acid groups (broad SMARTS) is 2. The molecule has 0 saturated heterocycles. The van der Waals surface area contributed by atoms with Crippen molar-refractivity contribution in [2.75, 3.05) is 0 Å². The number of fused-ring (bicyclic) bond motifs is 4. The zero-order chi connectivity index (χ0) is 21.9. The van der Waals surface area contributed by atoms with Crippen LogP contribution in [0.25, 0.3) is 0 Å². The van der Waals surface area contributed by atoms with Crippen LogP contribution < -0.4 is 0 Å². The molecule has 2 aliphatic carbocycles. The number of carboxylic acids is 2. The van der Waals surface area contributed by atoms with E-state index in [1.807, 2.05) is 0 Å². The fraction of sp³-hybridized carbons (Fsp3) is 0.412. The maximum absolute atomic E-state index is 14.7. The zero-order valence-electron chi connectivity index (χ0n) is 14.4. The average Bonchev–Trinajstić information content (AvgIpc) is 3.14. The Morgan fingerprint density at radius 3 is 1.34 bits per heavy atom. The molecule has 2 heterocycles. The number of alkyl halides is 6. The molecule has 4 rings (SSSR count). The minimum absolute atomic E-state index is 0.490. The molecule has 2 unspecified atom stereocenters. The number of thioether (sulfide) groups is 2. The summed E-state index contributed by atoms with van der Waals surface area (Å²) in [6.07, 6.45) is 1.41. The third kappa shape index (κ3) is 2.01. The van der Waals surface area contributed by atoms with E-state index in [0.717, 1.165) is 0 Å². The first-order valence-corrected chi connectivity index (χ1v) is 9.59. The van der Waals surface area contributed by atoms with Gasteiger partial charge in [-0.25, -0.2) is 9.59 Å². The Morgan fingerprint density at radius 1 is 0.759 bits per heavy atom. The zero-order valence-corrected chi connectivity index (χ0v) is 16.1. The summed E-state index contributed by atoms with van der Waals surface area (Å²) in [4.78, 5) is 21.9. The second kappa shape index (κ2) is 5.26. The third-order valence-corrected chi connectivity index (χ3v) is 8.97. The van der Waals surface area contributed by atoms with Crippen LogP contribution in [-0.2, 0) is 9.59 Å². The molecule has 1 fully saturated rings. The highest BCUT2D eigenvalue weighted by molar-refractivity contribution is 8.10. The molecule has 0 aromatic rings. The van der Waals surface area contributed by atoms with Gasteiger partial charge in [-0.05, 0) is 37.1 Å². The lowest BCUT2D eigenvalue weighted by Crippen LogP contribution is -2.49. The van der Waals surface area contributed by atoms with Crippen LogP contribution in [0.15, 0.2) is 44.3 Å². The van der Waals surface area contributed by atoms with Crippen molar-refractivity contribution in [1.82, 2.24) is 0 Å². The minimum Gasteiger partial charge on any atom is -0.477 e. The number of rotatable bonds is 2. The summed E-state index contributed by atoms with van der Waals surface area (Å²) < 4.78 is 83.7. The summed E-state index contributed by atoms with van der Waals surface area (Å²) in [5.41, 5.74) is -4.57. The molecule has 0 bridgehead atoms. The van der Waals surface area contributed by atoms with E-state index in [1.54, 1.807) is 0 Å². The van der Waals surface area contributed by atoms with E-state index in [9.17, 15) is 46.1 Å². The Labute approximate surface area is 167 Å². The largest absolute Gasteiger partial charge is 0.477 e. The van der Waals surface area contributed by atoms with Gasteiger partial charge in [0, 0.05) is 11.1 Å².